The lowest BCUT2D eigenvalue weighted by molar-refractivity contribution is 0.280. The Hall–Kier alpha value is -0.920. The lowest BCUT2D eigenvalue weighted by Crippen LogP contribution is -2.18. The van der Waals surface area contributed by atoms with Gasteiger partial charge in [0.05, 0.1) is 5.38 Å². The smallest absolute Gasteiger partial charge is 0.188 e. The van der Waals surface area contributed by atoms with Crippen molar-refractivity contribution in [1.82, 2.24) is 0 Å². The number of hydrogen-bond acceptors (Lipinski definition) is 1. The molecule has 0 saturated heterocycles. The molecule has 1 nitrogen and oxygen atoms in total. The maximum atomic E-state index is 5.95. The van der Waals surface area contributed by atoms with Gasteiger partial charge < -0.3 is 4.74 Å². The molecule has 16 heavy (non-hydrogen) atoms. The van der Waals surface area contributed by atoms with Gasteiger partial charge >= 0.3 is 0 Å². The van der Waals surface area contributed by atoms with Crippen LogP contribution < -0.4 is 4.74 Å². The first-order valence-corrected chi connectivity index (χ1v) is 5.98. The van der Waals surface area contributed by atoms with E-state index < -0.39 is 5.56 Å². The number of hydrogen-bond donors (Lipinski definition) is 0. The molecule has 2 aromatic rings. The van der Waals surface area contributed by atoms with Crippen LogP contribution in [0.1, 0.15) is 6.92 Å². The summed E-state index contributed by atoms with van der Waals surface area (Å²) >= 11 is 11.8. The van der Waals surface area contributed by atoms with Crippen LogP contribution in [0, 0.1) is 0 Å². The van der Waals surface area contributed by atoms with Gasteiger partial charge in [0.2, 0.25) is 0 Å². The predicted molar refractivity (Wildman–Crippen MR) is 69.5 cm³/mol. The van der Waals surface area contributed by atoms with Crippen LogP contribution in [0.2, 0.25) is 0 Å². The number of rotatable bonds is 3. The Morgan fingerprint density at radius 2 is 1.69 bits per heavy atom. The Morgan fingerprint density at radius 3 is 2.38 bits per heavy atom. The molecule has 0 heterocycles. The zero-order valence-corrected chi connectivity index (χ0v) is 10.4. The molecule has 0 saturated carbocycles. The van der Waals surface area contributed by atoms with Crippen LogP contribution in [-0.4, -0.2) is 10.9 Å². The van der Waals surface area contributed by atoms with Crippen molar-refractivity contribution in [3.05, 3.63) is 42.5 Å². The summed E-state index contributed by atoms with van der Waals surface area (Å²) in [6, 6.07) is 14.0. The van der Waals surface area contributed by atoms with Crippen LogP contribution in [0.5, 0.6) is 5.75 Å². The van der Waals surface area contributed by atoms with Gasteiger partial charge in [0.1, 0.15) is 5.75 Å². The maximum absolute atomic E-state index is 5.95. The molecule has 2 unspecified atom stereocenters. The molecule has 2 atom stereocenters. The van der Waals surface area contributed by atoms with E-state index in [1.54, 1.807) is 6.92 Å². The highest BCUT2D eigenvalue weighted by molar-refractivity contribution is 6.29. The van der Waals surface area contributed by atoms with Gasteiger partial charge in [-0.05, 0) is 29.8 Å². The second kappa shape index (κ2) is 4.94. The Labute approximate surface area is 105 Å². The van der Waals surface area contributed by atoms with Crippen LogP contribution >= 0.6 is 23.2 Å². The van der Waals surface area contributed by atoms with Gasteiger partial charge in [0.15, 0.2) is 5.56 Å². The summed E-state index contributed by atoms with van der Waals surface area (Å²) in [5.74, 6) is 0.742. The van der Waals surface area contributed by atoms with Crippen LogP contribution in [0.4, 0.5) is 0 Å². The average molecular weight is 255 g/mol. The maximum Gasteiger partial charge on any atom is 0.188 e. The van der Waals surface area contributed by atoms with Crippen molar-refractivity contribution in [2.24, 2.45) is 0 Å². The Kier molecular flexibility index (Phi) is 3.57. The quantitative estimate of drug-likeness (QED) is 0.738. The van der Waals surface area contributed by atoms with Crippen LogP contribution in [0.3, 0.4) is 0 Å². The normalized spacial score (nSPS) is 14.7. The molecule has 0 aliphatic carbocycles. The Balaban J connectivity index is 2.26. The van der Waals surface area contributed by atoms with Crippen LogP contribution in [0.15, 0.2) is 42.5 Å². The molecule has 0 amide bonds. The van der Waals surface area contributed by atoms with Crippen molar-refractivity contribution in [3.63, 3.8) is 0 Å². The number of fused-ring (bicyclic) bond motifs is 1. The largest absolute Gasteiger partial charge is 0.473 e. The van der Waals surface area contributed by atoms with Crippen molar-refractivity contribution in [2.45, 2.75) is 17.9 Å². The SMILES string of the molecule is CC(Cl)C(Cl)Oc1ccc2ccccc2c1. The van der Waals surface area contributed by atoms with E-state index >= 15 is 0 Å². The highest BCUT2D eigenvalue weighted by Crippen LogP contribution is 2.23. The van der Waals surface area contributed by atoms with Gasteiger partial charge in [-0.3, -0.25) is 0 Å². The summed E-state index contributed by atoms with van der Waals surface area (Å²) in [4.78, 5) is 0. The standard InChI is InChI=1S/C13H12Cl2O/c1-9(14)13(15)16-12-7-6-10-4-2-3-5-11(10)8-12/h2-9,13H,1H3. The van der Waals surface area contributed by atoms with Gasteiger partial charge in [-0.2, -0.15) is 0 Å². The summed E-state index contributed by atoms with van der Waals surface area (Å²) in [6.07, 6.45) is 0. The van der Waals surface area contributed by atoms with Crippen molar-refractivity contribution in [3.8, 4) is 5.75 Å². The average Bonchev–Trinajstić information content (AvgIpc) is 2.28. The van der Waals surface area contributed by atoms with E-state index in [2.05, 4.69) is 6.07 Å². The lowest BCUT2D eigenvalue weighted by atomic mass is 10.1. The van der Waals surface area contributed by atoms with Crippen molar-refractivity contribution in [2.75, 3.05) is 0 Å². The fourth-order valence-electron chi connectivity index (χ4n) is 1.46. The third-order valence-electron chi connectivity index (χ3n) is 2.33. The molecule has 3 heteroatoms. The van der Waals surface area contributed by atoms with Crippen LogP contribution in [0.25, 0.3) is 10.8 Å². The summed E-state index contributed by atoms with van der Waals surface area (Å²) in [5, 5.41) is 2.08. The topological polar surface area (TPSA) is 9.23 Å². The van der Waals surface area contributed by atoms with Gasteiger partial charge in [0, 0.05) is 0 Å². The number of alkyl halides is 2. The minimum atomic E-state index is -0.511. The van der Waals surface area contributed by atoms with Gasteiger partial charge in [-0.1, -0.05) is 41.9 Å². The monoisotopic (exact) mass is 254 g/mol. The van der Waals surface area contributed by atoms with E-state index in [9.17, 15) is 0 Å². The first-order chi connectivity index (χ1) is 7.66. The highest BCUT2D eigenvalue weighted by atomic mass is 35.5. The Bertz CT molecular complexity index is 482. The molecule has 0 radical (unpaired) electrons. The third-order valence-corrected chi connectivity index (χ3v) is 3.16. The molecule has 84 valence electrons. The minimum Gasteiger partial charge on any atom is -0.473 e. The van der Waals surface area contributed by atoms with E-state index in [1.165, 1.54) is 5.39 Å². The van der Waals surface area contributed by atoms with E-state index in [1.807, 2.05) is 36.4 Å². The second-order valence-corrected chi connectivity index (χ2v) is 4.77. The highest BCUT2D eigenvalue weighted by Gasteiger charge is 2.12. The molecule has 0 fully saturated rings. The Morgan fingerprint density at radius 1 is 1.00 bits per heavy atom. The van der Waals surface area contributed by atoms with E-state index in [0.717, 1.165) is 11.1 Å². The third kappa shape index (κ3) is 2.60. The first kappa shape index (κ1) is 11.6. The predicted octanol–water partition coefficient (Wildman–Crippen LogP) is 4.41. The van der Waals surface area contributed by atoms with Crippen molar-refractivity contribution < 1.29 is 4.74 Å². The number of halogens is 2. The zero-order chi connectivity index (χ0) is 11.5. The fraction of sp³-hybridized carbons (Fsp3) is 0.231. The van der Waals surface area contributed by atoms with Gasteiger partial charge in [0.25, 0.3) is 0 Å². The molecule has 0 spiro atoms. The molecule has 2 aromatic carbocycles. The first-order valence-electron chi connectivity index (χ1n) is 5.10. The van der Waals surface area contributed by atoms with E-state index in [0.29, 0.717) is 0 Å². The number of benzene rings is 2. The summed E-state index contributed by atoms with van der Waals surface area (Å²) in [7, 11) is 0. The van der Waals surface area contributed by atoms with E-state index in [-0.39, 0.29) is 5.38 Å². The summed E-state index contributed by atoms with van der Waals surface area (Å²) in [5.41, 5.74) is -0.511. The molecular weight excluding hydrogens is 243 g/mol. The summed E-state index contributed by atoms with van der Waals surface area (Å²) in [6.45, 7) is 1.81. The second-order valence-electron chi connectivity index (χ2n) is 3.66. The molecule has 0 N–H and O–H groups in total. The minimum absolute atomic E-state index is 0.229. The molecule has 2 rings (SSSR count). The molecule has 0 aliphatic rings. The molecular formula is C13H12Cl2O. The number of ether oxygens (including phenoxy) is 1. The van der Waals surface area contributed by atoms with Gasteiger partial charge in [-0.15, -0.1) is 11.6 Å². The van der Waals surface area contributed by atoms with Crippen molar-refractivity contribution in [1.29, 1.82) is 0 Å². The van der Waals surface area contributed by atoms with Gasteiger partial charge in [-0.25, -0.2) is 0 Å². The summed E-state index contributed by atoms with van der Waals surface area (Å²) < 4.78 is 5.52. The lowest BCUT2D eigenvalue weighted by Gasteiger charge is -2.14. The van der Waals surface area contributed by atoms with E-state index in [4.69, 9.17) is 27.9 Å². The molecule has 0 aromatic heterocycles. The van der Waals surface area contributed by atoms with Crippen LogP contribution in [-0.2, 0) is 0 Å². The zero-order valence-electron chi connectivity index (χ0n) is 8.86. The molecule has 0 bridgehead atoms. The van der Waals surface area contributed by atoms with Crippen molar-refractivity contribution >= 4 is 34.0 Å². The fourth-order valence-corrected chi connectivity index (χ4v) is 1.62. The molecule has 0 aliphatic heterocycles.